The number of rotatable bonds is 16. The van der Waals surface area contributed by atoms with Crippen molar-refractivity contribution in [2.75, 3.05) is 18.4 Å². The third-order valence-electron chi connectivity index (χ3n) is 8.11. The molecule has 11 heteroatoms. The van der Waals surface area contributed by atoms with Crippen molar-refractivity contribution in [2.45, 2.75) is 56.4 Å². The molecule has 1 aliphatic rings. The number of ether oxygens (including phenoxy) is 1. The van der Waals surface area contributed by atoms with Gasteiger partial charge in [0, 0.05) is 24.0 Å². The molecule has 0 radical (unpaired) electrons. The van der Waals surface area contributed by atoms with Crippen molar-refractivity contribution in [3.63, 3.8) is 0 Å². The van der Waals surface area contributed by atoms with E-state index >= 15 is 0 Å². The van der Waals surface area contributed by atoms with Crippen LogP contribution < -0.4 is 27.0 Å². The fraction of sp³-hybridized carbons (Fsp3) is 0.297. The number of anilines is 1. The Balaban J connectivity index is 0.00000520. The Bertz CT molecular complexity index is 1670. The summed E-state index contributed by atoms with van der Waals surface area (Å²) in [6, 6.07) is 30.8. The fourth-order valence-corrected chi connectivity index (χ4v) is 5.49. The first-order valence-electron chi connectivity index (χ1n) is 16.0. The maximum Gasteiger partial charge on any atom is 0.253 e. The van der Waals surface area contributed by atoms with Crippen molar-refractivity contribution >= 4 is 52.5 Å². The van der Waals surface area contributed by atoms with Crippen molar-refractivity contribution in [1.29, 1.82) is 0 Å². The van der Waals surface area contributed by atoms with Gasteiger partial charge in [0.1, 0.15) is 12.1 Å². The first-order valence-corrected chi connectivity index (χ1v) is 16.0. The van der Waals surface area contributed by atoms with Gasteiger partial charge in [0.15, 0.2) is 12.2 Å². The number of hydrogen-bond acceptors (Lipinski definition) is 6. The van der Waals surface area contributed by atoms with E-state index in [9.17, 15) is 19.2 Å². The molecule has 0 aromatic heterocycles. The zero-order valence-electron chi connectivity index (χ0n) is 26.6. The molecular formula is C37H42ClN5O5. The second-order valence-corrected chi connectivity index (χ2v) is 11.6. The minimum absolute atomic E-state index is 0. The van der Waals surface area contributed by atoms with Gasteiger partial charge in [-0.2, -0.15) is 0 Å². The molecule has 252 valence electrons. The number of hydrogen-bond donors (Lipinski definition) is 5. The van der Waals surface area contributed by atoms with E-state index in [1.54, 1.807) is 0 Å². The Morgan fingerprint density at radius 2 is 1.29 bits per heavy atom. The van der Waals surface area contributed by atoms with Crippen LogP contribution >= 0.6 is 12.4 Å². The van der Waals surface area contributed by atoms with Crippen LogP contribution in [0.5, 0.6) is 0 Å². The van der Waals surface area contributed by atoms with Crippen LogP contribution in [-0.4, -0.2) is 61.0 Å². The first kappa shape index (κ1) is 36.1. The largest absolute Gasteiger partial charge is 0.354 e. The Hall–Kier alpha value is -4.77. The Kier molecular flexibility index (Phi) is 13.5. The lowest BCUT2D eigenvalue weighted by Gasteiger charge is -2.19. The molecule has 0 spiro atoms. The fourth-order valence-electron chi connectivity index (χ4n) is 5.49. The summed E-state index contributed by atoms with van der Waals surface area (Å²) in [4.78, 5) is 53.1. The average Bonchev–Trinajstić information content (AvgIpc) is 3.90. The number of fused-ring (bicyclic) bond motifs is 1. The van der Waals surface area contributed by atoms with E-state index in [-0.39, 0.29) is 30.6 Å². The Morgan fingerprint density at radius 3 is 1.98 bits per heavy atom. The van der Waals surface area contributed by atoms with Gasteiger partial charge >= 0.3 is 0 Å². The molecule has 6 N–H and O–H groups in total. The highest BCUT2D eigenvalue weighted by molar-refractivity contribution is 6.05. The van der Waals surface area contributed by atoms with Crippen LogP contribution in [0.4, 0.5) is 5.69 Å². The minimum Gasteiger partial charge on any atom is -0.354 e. The van der Waals surface area contributed by atoms with E-state index in [0.717, 1.165) is 21.9 Å². The standard InChI is InChI=1S/C37H41N5O5.ClH/c38-22-10-9-19-30(35(44)40-29-20-11-17-27-16-7-8-18-28(27)29)41-36(45)32-33(47-32)37(46)42-31(24-26-14-5-2-6-15-26)34(43)39-23-21-25-12-3-1-4-13-25;/h1-8,11-18,20,30-33H,9-10,19,21-24,38H2,(H,39,43)(H,40,44)(H,41,45)(H,42,46);1H/t30-,31+,32?,33?;/m0./s1. The van der Waals surface area contributed by atoms with Gasteiger partial charge in [0.2, 0.25) is 11.8 Å². The van der Waals surface area contributed by atoms with Crippen LogP contribution in [0.15, 0.2) is 103 Å². The molecule has 0 bridgehead atoms. The van der Waals surface area contributed by atoms with Gasteiger partial charge in [0.05, 0.1) is 0 Å². The smallest absolute Gasteiger partial charge is 0.253 e. The third-order valence-corrected chi connectivity index (χ3v) is 8.11. The molecule has 5 rings (SSSR count). The Morgan fingerprint density at radius 1 is 0.688 bits per heavy atom. The molecule has 1 fully saturated rings. The lowest BCUT2D eigenvalue weighted by molar-refractivity contribution is -0.129. The van der Waals surface area contributed by atoms with E-state index in [4.69, 9.17) is 10.5 Å². The summed E-state index contributed by atoms with van der Waals surface area (Å²) in [7, 11) is 0. The van der Waals surface area contributed by atoms with E-state index in [2.05, 4.69) is 21.3 Å². The summed E-state index contributed by atoms with van der Waals surface area (Å²) in [5.41, 5.74) is 8.27. The lowest BCUT2D eigenvalue weighted by Crippen LogP contribution is -2.50. The number of benzene rings is 4. The maximum absolute atomic E-state index is 13.4. The number of nitrogens with two attached hydrogens (primary N) is 1. The quantitative estimate of drug-likeness (QED) is 0.0905. The lowest BCUT2D eigenvalue weighted by atomic mass is 10.0. The highest BCUT2D eigenvalue weighted by Gasteiger charge is 2.51. The predicted octanol–water partition coefficient (Wildman–Crippen LogP) is 3.67. The van der Waals surface area contributed by atoms with Crippen molar-refractivity contribution < 1.29 is 23.9 Å². The van der Waals surface area contributed by atoms with E-state index in [1.165, 1.54) is 0 Å². The summed E-state index contributed by atoms with van der Waals surface area (Å²) in [5.74, 6) is -1.83. The average molecular weight is 672 g/mol. The number of carbonyl (C=O) groups excluding carboxylic acids is 4. The topological polar surface area (TPSA) is 155 Å². The molecule has 48 heavy (non-hydrogen) atoms. The van der Waals surface area contributed by atoms with Crippen molar-refractivity contribution in [3.05, 3.63) is 114 Å². The number of epoxide rings is 1. The summed E-state index contributed by atoms with van der Waals surface area (Å²) >= 11 is 0. The highest BCUT2D eigenvalue weighted by atomic mass is 35.5. The SMILES string of the molecule is Cl.NCCCC[C@H](NC(=O)C1OC1C(=O)N[C@H](Cc1ccccc1)C(=O)NCCc1ccccc1)C(=O)Nc1cccc2ccccc12. The second kappa shape index (κ2) is 18.0. The molecular weight excluding hydrogens is 630 g/mol. The summed E-state index contributed by atoms with van der Waals surface area (Å²) in [6.45, 7) is 0.866. The molecule has 10 nitrogen and oxygen atoms in total. The van der Waals surface area contributed by atoms with Crippen LogP contribution in [0.25, 0.3) is 10.8 Å². The van der Waals surface area contributed by atoms with E-state index in [0.29, 0.717) is 44.5 Å². The first-order chi connectivity index (χ1) is 22.9. The van der Waals surface area contributed by atoms with Gasteiger partial charge in [-0.1, -0.05) is 97.1 Å². The second-order valence-electron chi connectivity index (χ2n) is 11.6. The van der Waals surface area contributed by atoms with Gasteiger partial charge in [-0.15, -0.1) is 12.4 Å². The van der Waals surface area contributed by atoms with Crippen molar-refractivity contribution in [3.8, 4) is 0 Å². The monoisotopic (exact) mass is 671 g/mol. The van der Waals surface area contributed by atoms with Crippen molar-refractivity contribution in [1.82, 2.24) is 16.0 Å². The number of halogens is 1. The molecule has 4 aromatic rings. The maximum atomic E-state index is 13.4. The number of nitrogens with one attached hydrogen (secondary N) is 4. The highest BCUT2D eigenvalue weighted by Crippen LogP contribution is 2.25. The van der Waals surface area contributed by atoms with Crippen LogP contribution in [-0.2, 0) is 36.8 Å². The van der Waals surface area contributed by atoms with E-state index in [1.807, 2.05) is 103 Å². The number of carbonyl (C=O) groups is 4. The molecule has 1 heterocycles. The third kappa shape index (κ3) is 10.1. The van der Waals surface area contributed by atoms with E-state index < -0.39 is 36.1 Å². The summed E-state index contributed by atoms with van der Waals surface area (Å²) < 4.78 is 5.49. The predicted molar refractivity (Wildman–Crippen MR) is 189 cm³/mol. The van der Waals surface area contributed by atoms with Gasteiger partial charge in [-0.25, -0.2) is 0 Å². The number of unbranched alkanes of at least 4 members (excludes halogenated alkanes) is 1. The van der Waals surface area contributed by atoms with Crippen LogP contribution in [0.3, 0.4) is 0 Å². The molecule has 0 aliphatic carbocycles. The summed E-state index contributed by atoms with van der Waals surface area (Å²) in [5, 5.41) is 13.3. The molecule has 4 atom stereocenters. The zero-order chi connectivity index (χ0) is 33.0. The zero-order valence-corrected chi connectivity index (χ0v) is 27.4. The number of amides is 4. The van der Waals surface area contributed by atoms with Crippen molar-refractivity contribution in [2.24, 2.45) is 5.73 Å². The van der Waals surface area contributed by atoms with Crippen LogP contribution in [0.2, 0.25) is 0 Å². The van der Waals surface area contributed by atoms with Gasteiger partial charge in [0.25, 0.3) is 11.8 Å². The van der Waals surface area contributed by atoms with Crippen LogP contribution in [0.1, 0.15) is 30.4 Å². The van der Waals surface area contributed by atoms with Gasteiger partial charge in [-0.3, -0.25) is 19.2 Å². The molecule has 0 saturated carbocycles. The summed E-state index contributed by atoms with van der Waals surface area (Å²) in [6.07, 6.45) is 0.450. The normalized spacial score (nSPS) is 16.1. The molecule has 2 unspecified atom stereocenters. The molecule has 4 aromatic carbocycles. The minimum atomic E-state index is -1.07. The molecule has 4 amide bonds. The van der Waals surface area contributed by atoms with Crippen LogP contribution in [0, 0.1) is 0 Å². The Labute approximate surface area is 286 Å². The molecule has 1 aliphatic heterocycles. The van der Waals surface area contributed by atoms with Gasteiger partial charge in [-0.05, 0) is 54.8 Å². The van der Waals surface area contributed by atoms with Gasteiger partial charge < -0.3 is 31.7 Å². The molecule has 1 saturated heterocycles.